The Morgan fingerprint density at radius 1 is 1.15 bits per heavy atom. The van der Waals surface area contributed by atoms with E-state index in [1.165, 1.54) is 0 Å². The van der Waals surface area contributed by atoms with Crippen molar-refractivity contribution in [2.24, 2.45) is 11.7 Å². The lowest BCUT2D eigenvalue weighted by molar-refractivity contribution is -0.117. The van der Waals surface area contributed by atoms with E-state index in [-0.39, 0.29) is 11.7 Å². The summed E-state index contributed by atoms with van der Waals surface area (Å²) in [5, 5.41) is 17.8. The number of hydrogen-bond acceptors (Lipinski definition) is 6. The molecular formula is C27H25N5O2. The molecule has 2 unspecified atom stereocenters. The van der Waals surface area contributed by atoms with Gasteiger partial charge in [0.05, 0.1) is 30.4 Å². The van der Waals surface area contributed by atoms with Gasteiger partial charge in [0.1, 0.15) is 11.6 Å². The summed E-state index contributed by atoms with van der Waals surface area (Å²) in [6.45, 7) is 2.06. The molecule has 1 aliphatic heterocycles. The van der Waals surface area contributed by atoms with Gasteiger partial charge in [0.25, 0.3) is 0 Å². The lowest BCUT2D eigenvalue weighted by Gasteiger charge is -2.40. The number of nitrogens with two attached hydrogens (primary N) is 1. The van der Waals surface area contributed by atoms with Crippen LogP contribution in [0.15, 0.2) is 83.3 Å². The summed E-state index contributed by atoms with van der Waals surface area (Å²) in [6.07, 6.45) is 1.11. The fourth-order valence-corrected chi connectivity index (χ4v) is 4.90. The fourth-order valence-electron chi connectivity index (χ4n) is 4.90. The minimum atomic E-state index is -0.519. The highest BCUT2D eigenvalue weighted by Gasteiger charge is 2.42. The van der Waals surface area contributed by atoms with Crippen LogP contribution in [0.2, 0.25) is 0 Å². The van der Waals surface area contributed by atoms with E-state index in [1.54, 1.807) is 12.0 Å². The second-order valence-electron chi connectivity index (χ2n) is 8.76. The zero-order chi connectivity index (χ0) is 23.8. The van der Waals surface area contributed by atoms with Crippen molar-refractivity contribution in [3.63, 3.8) is 0 Å². The van der Waals surface area contributed by atoms with Crippen molar-refractivity contribution in [2.45, 2.75) is 25.7 Å². The highest BCUT2D eigenvalue weighted by atomic mass is 16.5. The van der Waals surface area contributed by atoms with Crippen LogP contribution in [0.1, 0.15) is 31.2 Å². The molecule has 0 radical (unpaired) electrons. The second kappa shape index (κ2) is 8.56. The number of Topliss-reactive ketones (excluding diaryl/α,β-unsaturated/α-hetero) is 1. The number of carbonyl (C=O) groups excluding carboxylic acids is 1. The molecule has 2 heterocycles. The van der Waals surface area contributed by atoms with Crippen molar-refractivity contribution in [2.75, 3.05) is 12.0 Å². The fraction of sp³-hybridized carbons (Fsp3) is 0.222. The minimum Gasteiger partial charge on any atom is -0.497 e. The number of nitrogens with zero attached hydrogens (tertiary/aromatic N) is 3. The average molecular weight is 452 g/mol. The molecule has 0 bridgehead atoms. The summed E-state index contributed by atoms with van der Waals surface area (Å²) in [5.74, 6) is 1.25. The van der Waals surface area contributed by atoms with Crippen LogP contribution in [0, 0.1) is 17.2 Å². The summed E-state index contributed by atoms with van der Waals surface area (Å²) in [4.78, 5) is 15.2. The summed E-state index contributed by atoms with van der Waals surface area (Å²) < 4.78 is 5.29. The molecule has 3 N–H and O–H groups in total. The number of nitriles is 1. The van der Waals surface area contributed by atoms with Crippen molar-refractivity contribution < 1.29 is 9.53 Å². The molecule has 1 aliphatic carbocycles. The Bertz CT molecular complexity index is 1350. The van der Waals surface area contributed by atoms with Gasteiger partial charge in [0.15, 0.2) is 11.6 Å². The molecule has 170 valence electrons. The lowest BCUT2D eigenvalue weighted by Crippen LogP contribution is -2.40. The number of H-pyrrole nitrogens is 1. The molecule has 0 saturated heterocycles. The van der Waals surface area contributed by atoms with E-state index in [2.05, 4.69) is 23.2 Å². The van der Waals surface area contributed by atoms with E-state index in [9.17, 15) is 10.1 Å². The third kappa shape index (κ3) is 3.54. The first kappa shape index (κ1) is 21.5. The highest BCUT2D eigenvalue weighted by molar-refractivity contribution is 6.01. The molecule has 2 aromatic carbocycles. The summed E-state index contributed by atoms with van der Waals surface area (Å²) >= 11 is 0. The van der Waals surface area contributed by atoms with Gasteiger partial charge in [-0.1, -0.05) is 49.4 Å². The molecule has 3 aromatic rings. The van der Waals surface area contributed by atoms with Crippen LogP contribution < -0.4 is 15.4 Å². The van der Waals surface area contributed by atoms with Crippen molar-refractivity contribution in [1.82, 2.24) is 10.2 Å². The van der Waals surface area contributed by atoms with Gasteiger partial charge in [0, 0.05) is 23.8 Å². The van der Waals surface area contributed by atoms with Gasteiger partial charge in [0.2, 0.25) is 0 Å². The first-order chi connectivity index (χ1) is 16.5. The number of ether oxygens (including phenoxy) is 1. The monoisotopic (exact) mass is 451 g/mol. The molecule has 34 heavy (non-hydrogen) atoms. The molecular weight excluding hydrogens is 426 g/mol. The van der Waals surface area contributed by atoms with Crippen LogP contribution in [0.4, 0.5) is 5.82 Å². The number of ketones is 1. The number of rotatable bonds is 4. The zero-order valence-electron chi connectivity index (χ0n) is 19.1. The van der Waals surface area contributed by atoms with Crippen LogP contribution >= 0.6 is 0 Å². The first-order valence-corrected chi connectivity index (χ1v) is 11.2. The van der Waals surface area contributed by atoms with E-state index in [0.29, 0.717) is 41.4 Å². The highest BCUT2D eigenvalue weighted by Crippen LogP contribution is 2.47. The molecule has 0 amide bonds. The van der Waals surface area contributed by atoms with E-state index < -0.39 is 5.92 Å². The quantitative estimate of drug-likeness (QED) is 0.598. The van der Waals surface area contributed by atoms with Gasteiger partial charge in [-0.25, -0.2) is 0 Å². The van der Waals surface area contributed by atoms with Crippen LogP contribution in [-0.2, 0) is 4.79 Å². The smallest absolute Gasteiger partial charge is 0.161 e. The van der Waals surface area contributed by atoms with Gasteiger partial charge in [-0.2, -0.15) is 10.4 Å². The van der Waals surface area contributed by atoms with Crippen molar-refractivity contribution >= 4 is 11.6 Å². The number of aromatic nitrogens is 2. The van der Waals surface area contributed by atoms with Crippen molar-refractivity contribution in [3.05, 3.63) is 88.9 Å². The first-order valence-electron chi connectivity index (χ1n) is 11.2. The van der Waals surface area contributed by atoms with Crippen LogP contribution in [-0.4, -0.2) is 23.1 Å². The largest absolute Gasteiger partial charge is 0.497 e. The third-order valence-corrected chi connectivity index (χ3v) is 6.50. The number of anilines is 1. The average Bonchev–Trinajstić information content (AvgIpc) is 3.33. The minimum absolute atomic E-state index is 0.0404. The molecule has 0 spiro atoms. The Hall–Kier alpha value is -4.31. The second-order valence-corrected chi connectivity index (χ2v) is 8.76. The zero-order valence-corrected chi connectivity index (χ0v) is 19.1. The van der Waals surface area contributed by atoms with Crippen LogP contribution in [0.3, 0.4) is 0 Å². The van der Waals surface area contributed by atoms with Crippen LogP contribution in [0.5, 0.6) is 5.75 Å². The van der Waals surface area contributed by atoms with Crippen LogP contribution in [0.25, 0.3) is 11.3 Å². The molecule has 7 heteroatoms. The number of benzene rings is 2. The third-order valence-electron chi connectivity index (χ3n) is 6.50. The maximum Gasteiger partial charge on any atom is 0.161 e. The summed E-state index contributed by atoms with van der Waals surface area (Å²) in [6, 6.07) is 21.5. The SMILES string of the molecule is COc1ccc(C2C(C#N)=C(N)N(c3cc(-c4ccccc4)[nH]n3)C3=C2C(=O)CC(C)C3)cc1. The number of allylic oxidation sites excluding steroid dienone is 3. The predicted molar refractivity (Wildman–Crippen MR) is 129 cm³/mol. The topological polar surface area (TPSA) is 108 Å². The number of aromatic amines is 1. The Morgan fingerprint density at radius 3 is 2.56 bits per heavy atom. The normalized spacial score (nSPS) is 20.3. The molecule has 2 aliphatic rings. The number of hydrogen-bond donors (Lipinski definition) is 2. The Kier molecular flexibility index (Phi) is 5.42. The van der Waals surface area contributed by atoms with Gasteiger partial charge in [-0.3, -0.25) is 14.8 Å². The van der Waals surface area contributed by atoms with E-state index >= 15 is 0 Å². The number of methoxy groups -OCH3 is 1. The molecule has 0 saturated carbocycles. The van der Waals surface area contributed by atoms with Crippen molar-refractivity contribution in [3.8, 4) is 23.1 Å². The predicted octanol–water partition coefficient (Wildman–Crippen LogP) is 4.64. The molecule has 7 nitrogen and oxygen atoms in total. The van der Waals surface area contributed by atoms with E-state index in [4.69, 9.17) is 10.5 Å². The maximum absolute atomic E-state index is 13.4. The number of carbonyl (C=O) groups is 1. The Balaban J connectivity index is 1.67. The molecule has 1 aromatic heterocycles. The molecule has 2 atom stereocenters. The maximum atomic E-state index is 13.4. The summed E-state index contributed by atoms with van der Waals surface area (Å²) in [7, 11) is 1.60. The standard InChI is InChI=1S/C27H25N5O2/c1-16-12-22-26(23(33)13-16)25(18-8-10-19(34-2)11-9-18)20(15-28)27(29)32(22)24-14-21(30-31-24)17-6-4-3-5-7-17/h3-11,14,16,25H,12-13,29H2,1-2H3,(H,30,31). The van der Waals surface area contributed by atoms with Gasteiger partial charge >= 0.3 is 0 Å². The Morgan fingerprint density at radius 2 is 1.88 bits per heavy atom. The van der Waals surface area contributed by atoms with Gasteiger partial charge < -0.3 is 10.5 Å². The van der Waals surface area contributed by atoms with Crippen molar-refractivity contribution in [1.29, 1.82) is 5.26 Å². The van der Waals surface area contributed by atoms with E-state index in [1.807, 2.05) is 60.7 Å². The van der Waals surface area contributed by atoms with E-state index in [0.717, 1.165) is 22.5 Å². The molecule has 5 rings (SSSR count). The summed E-state index contributed by atoms with van der Waals surface area (Å²) in [5.41, 5.74) is 11.1. The van der Waals surface area contributed by atoms with Gasteiger partial charge in [-0.05, 0) is 35.6 Å². The Labute approximate surface area is 198 Å². The van der Waals surface area contributed by atoms with Gasteiger partial charge in [-0.15, -0.1) is 0 Å². The lowest BCUT2D eigenvalue weighted by atomic mass is 9.73. The molecule has 0 fully saturated rings. The number of nitrogens with one attached hydrogen (secondary N) is 1.